The van der Waals surface area contributed by atoms with Crippen molar-refractivity contribution in [3.63, 3.8) is 0 Å². The van der Waals surface area contributed by atoms with Gasteiger partial charge in [0, 0.05) is 23.5 Å². The summed E-state index contributed by atoms with van der Waals surface area (Å²) in [5, 5.41) is 0. The van der Waals surface area contributed by atoms with E-state index in [9.17, 15) is 13.6 Å². The minimum Gasteiger partial charge on any atom is -0.424 e. The third-order valence-corrected chi connectivity index (χ3v) is 5.24. The minimum atomic E-state index is -2.00. The van der Waals surface area contributed by atoms with Gasteiger partial charge in [0.15, 0.2) is 5.82 Å². The maximum atomic E-state index is 14.3. The van der Waals surface area contributed by atoms with Crippen LogP contribution in [0.2, 0.25) is 0 Å². The number of benzene rings is 2. The van der Waals surface area contributed by atoms with E-state index >= 15 is 0 Å². The number of halogens is 2. The maximum absolute atomic E-state index is 14.3. The summed E-state index contributed by atoms with van der Waals surface area (Å²) in [4.78, 5) is 20.9. The summed E-state index contributed by atoms with van der Waals surface area (Å²) in [5.41, 5.74) is 1.63. The molecule has 0 aliphatic carbocycles. The fraction of sp³-hybridized carbons (Fsp3) is 0.346. The lowest BCUT2D eigenvalue weighted by Crippen LogP contribution is -2.34. The molecule has 0 amide bonds. The average Bonchev–Trinajstić information content (AvgIpc) is 2.78. The molecule has 0 bridgehead atoms. The first-order valence-electron chi connectivity index (χ1n) is 10.9. The number of hydrogen-bond acceptors (Lipinski definition) is 4. The standard InChI is InChI=1S/C26H28F2N2O2/c1-4-15-26(3,28)25(31)32-23-13-11-20(12-14-23)22-16-29-24(30-17-22)21-9-7-19(8-10-21)6-5-18(2)27/h7-14,16-18H,4-6,15H2,1-3H3/t18-,26-/m0/s1. The lowest BCUT2D eigenvalue weighted by Gasteiger charge is -2.17. The van der Waals surface area contributed by atoms with E-state index in [1.54, 1.807) is 43.6 Å². The van der Waals surface area contributed by atoms with Crippen LogP contribution in [0.3, 0.4) is 0 Å². The number of aromatic nitrogens is 2. The van der Waals surface area contributed by atoms with E-state index in [4.69, 9.17) is 4.74 Å². The zero-order chi connectivity index (χ0) is 23.1. The van der Waals surface area contributed by atoms with Gasteiger partial charge in [0.2, 0.25) is 5.67 Å². The Labute approximate surface area is 187 Å². The highest BCUT2D eigenvalue weighted by molar-refractivity contribution is 5.81. The first-order valence-corrected chi connectivity index (χ1v) is 10.9. The molecule has 0 aliphatic rings. The molecule has 1 heterocycles. The Morgan fingerprint density at radius 1 is 1.00 bits per heavy atom. The van der Waals surface area contributed by atoms with E-state index in [1.165, 1.54) is 6.92 Å². The molecule has 0 spiro atoms. The molecule has 3 aromatic rings. The van der Waals surface area contributed by atoms with Gasteiger partial charge < -0.3 is 4.74 Å². The Balaban J connectivity index is 1.65. The van der Waals surface area contributed by atoms with Crippen molar-refractivity contribution in [2.45, 2.75) is 58.3 Å². The first-order chi connectivity index (χ1) is 15.3. The zero-order valence-corrected chi connectivity index (χ0v) is 18.6. The lowest BCUT2D eigenvalue weighted by molar-refractivity contribution is -0.147. The molecular weight excluding hydrogens is 410 g/mol. The van der Waals surface area contributed by atoms with Crippen molar-refractivity contribution in [2.24, 2.45) is 0 Å². The van der Waals surface area contributed by atoms with Crippen LogP contribution in [0.25, 0.3) is 22.5 Å². The molecule has 0 saturated heterocycles. The second-order valence-corrected chi connectivity index (χ2v) is 8.17. The van der Waals surface area contributed by atoms with Crippen molar-refractivity contribution < 1.29 is 18.3 Å². The molecule has 0 fully saturated rings. The SMILES string of the molecule is CCC[C@](C)(F)C(=O)Oc1ccc(-c2cnc(-c3ccc(CC[C@H](C)F)cc3)nc2)cc1. The van der Waals surface area contributed by atoms with Crippen LogP contribution >= 0.6 is 0 Å². The largest absolute Gasteiger partial charge is 0.424 e. The van der Waals surface area contributed by atoms with Gasteiger partial charge >= 0.3 is 5.97 Å². The second-order valence-electron chi connectivity index (χ2n) is 8.17. The second kappa shape index (κ2) is 10.4. The van der Waals surface area contributed by atoms with Gasteiger partial charge in [-0.25, -0.2) is 23.5 Å². The van der Waals surface area contributed by atoms with E-state index in [2.05, 4.69) is 9.97 Å². The van der Waals surface area contributed by atoms with Crippen molar-refractivity contribution in [3.05, 3.63) is 66.5 Å². The Morgan fingerprint density at radius 3 is 2.16 bits per heavy atom. The number of carbonyl (C=O) groups is 1. The normalized spacial score (nSPS) is 13.9. The summed E-state index contributed by atoms with van der Waals surface area (Å²) in [6.07, 6.45) is 4.52. The monoisotopic (exact) mass is 438 g/mol. The van der Waals surface area contributed by atoms with Gasteiger partial charge in [0.1, 0.15) is 5.75 Å². The summed E-state index contributed by atoms with van der Waals surface area (Å²) < 4.78 is 32.5. The van der Waals surface area contributed by atoms with Crippen molar-refractivity contribution in [3.8, 4) is 28.3 Å². The van der Waals surface area contributed by atoms with Crippen LogP contribution in [0.5, 0.6) is 5.75 Å². The predicted molar refractivity (Wildman–Crippen MR) is 122 cm³/mol. The topological polar surface area (TPSA) is 52.1 Å². The van der Waals surface area contributed by atoms with Gasteiger partial charge in [-0.15, -0.1) is 0 Å². The van der Waals surface area contributed by atoms with Crippen molar-refractivity contribution >= 4 is 5.97 Å². The zero-order valence-electron chi connectivity index (χ0n) is 18.6. The van der Waals surface area contributed by atoms with Crippen molar-refractivity contribution in [1.82, 2.24) is 9.97 Å². The highest BCUT2D eigenvalue weighted by Crippen LogP contribution is 2.25. The minimum absolute atomic E-state index is 0.118. The van der Waals surface area contributed by atoms with Crippen molar-refractivity contribution in [1.29, 1.82) is 0 Å². The maximum Gasteiger partial charge on any atom is 0.348 e. The highest BCUT2D eigenvalue weighted by Gasteiger charge is 2.34. The number of rotatable bonds is 9. The van der Waals surface area contributed by atoms with E-state index in [-0.39, 0.29) is 6.42 Å². The van der Waals surface area contributed by atoms with Crippen LogP contribution in [0.4, 0.5) is 8.78 Å². The third kappa shape index (κ3) is 6.19. The molecule has 32 heavy (non-hydrogen) atoms. The highest BCUT2D eigenvalue weighted by atomic mass is 19.1. The Kier molecular flexibility index (Phi) is 7.67. The van der Waals surface area contributed by atoms with Gasteiger partial charge in [-0.2, -0.15) is 0 Å². The smallest absolute Gasteiger partial charge is 0.348 e. The van der Waals surface area contributed by atoms with E-state index in [0.717, 1.165) is 22.3 Å². The third-order valence-electron chi connectivity index (χ3n) is 5.24. The number of alkyl halides is 2. The van der Waals surface area contributed by atoms with Crippen LogP contribution in [0.15, 0.2) is 60.9 Å². The molecule has 1 aromatic heterocycles. The molecule has 0 radical (unpaired) electrons. The number of carbonyl (C=O) groups excluding carboxylic acids is 1. The number of aryl methyl sites for hydroxylation is 1. The average molecular weight is 439 g/mol. The van der Waals surface area contributed by atoms with Crippen LogP contribution in [0.1, 0.15) is 45.6 Å². The summed E-state index contributed by atoms with van der Waals surface area (Å²) in [5.74, 6) is 0.00591. The summed E-state index contributed by atoms with van der Waals surface area (Å²) in [7, 11) is 0. The van der Waals surface area contributed by atoms with Gasteiger partial charge in [0.25, 0.3) is 0 Å². The molecule has 0 N–H and O–H groups in total. The van der Waals surface area contributed by atoms with E-state index in [0.29, 0.717) is 30.8 Å². The molecule has 4 nitrogen and oxygen atoms in total. The Hall–Kier alpha value is -3.15. The molecule has 2 aromatic carbocycles. The lowest BCUT2D eigenvalue weighted by atomic mass is 10.0. The number of nitrogens with zero attached hydrogens (tertiary/aromatic N) is 2. The fourth-order valence-corrected chi connectivity index (χ4v) is 3.31. The van der Waals surface area contributed by atoms with E-state index < -0.39 is 17.8 Å². The molecular formula is C26H28F2N2O2. The molecule has 6 heteroatoms. The van der Waals surface area contributed by atoms with Crippen LogP contribution in [-0.2, 0) is 11.2 Å². The first kappa shape index (κ1) is 23.5. The Morgan fingerprint density at radius 2 is 1.59 bits per heavy atom. The summed E-state index contributed by atoms with van der Waals surface area (Å²) in [6.45, 7) is 4.62. The summed E-state index contributed by atoms with van der Waals surface area (Å²) >= 11 is 0. The fourth-order valence-electron chi connectivity index (χ4n) is 3.31. The summed E-state index contributed by atoms with van der Waals surface area (Å²) in [6, 6.07) is 14.6. The quantitative estimate of drug-likeness (QED) is 0.281. The predicted octanol–water partition coefficient (Wildman–Crippen LogP) is 6.53. The molecule has 3 rings (SSSR count). The number of esters is 1. The number of ether oxygens (including phenoxy) is 1. The van der Waals surface area contributed by atoms with Crippen LogP contribution < -0.4 is 4.74 Å². The van der Waals surface area contributed by atoms with Gasteiger partial charge in [-0.05, 0) is 56.4 Å². The van der Waals surface area contributed by atoms with Crippen molar-refractivity contribution in [2.75, 3.05) is 0 Å². The van der Waals surface area contributed by atoms with Gasteiger partial charge in [-0.1, -0.05) is 49.7 Å². The molecule has 2 atom stereocenters. The van der Waals surface area contributed by atoms with Gasteiger partial charge in [0.05, 0.1) is 6.17 Å². The van der Waals surface area contributed by atoms with Crippen LogP contribution in [0, 0.1) is 0 Å². The molecule has 0 saturated carbocycles. The molecule has 0 aliphatic heterocycles. The number of hydrogen-bond donors (Lipinski definition) is 0. The van der Waals surface area contributed by atoms with Gasteiger partial charge in [-0.3, -0.25) is 0 Å². The van der Waals surface area contributed by atoms with Crippen LogP contribution in [-0.4, -0.2) is 27.8 Å². The Bertz CT molecular complexity index is 1020. The van der Waals surface area contributed by atoms with E-state index in [1.807, 2.05) is 31.2 Å². The molecule has 168 valence electrons. The molecule has 0 unspecified atom stereocenters.